The highest BCUT2D eigenvalue weighted by Crippen LogP contribution is 2.32. The van der Waals surface area contributed by atoms with E-state index in [0.29, 0.717) is 22.9 Å². The summed E-state index contributed by atoms with van der Waals surface area (Å²) in [5.41, 5.74) is 1.30. The molecule has 6 heteroatoms. The zero-order valence-corrected chi connectivity index (χ0v) is 14.4. The first kappa shape index (κ1) is 16.7. The first-order valence-corrected chi connectivity index (χ1v) is 9.00. The number of rotatable bonds is 6. The zero-order chi connectivity index (χ0) is 18.1. The molecule has 1 heterocycles. The SMILES string of the molecule is O=C(c1ccccc1)c1ccc(NC2CCN(C3CC3)C2)c([N+](=O)[O-])c1. The smallest absolute Gasteiger partial charge is 0.293 e. The zero-order valence-electron chi connectivity index (χ0n) is 14.4. The number of nitro groups is 1. The fraction of sp³-hybridized carbons (Fsp3) is 0.350. The van der Waals surface area contributed by atoms with Crippen LogP contribution in [-0.2, 0) is 0 Å². The maximum absolute atomic E-state index is 12.6. The van der Waals surface area contributed by atoms with Crippen LogP contribution in [0.1, 0.15) is 35.2 Å². The number of hydrogen-bond donors (Lipinski definition) is 1. The van der Waals surface area contributed by atoms with Gasteiger partial charge in [-0.05, 0) is 31.4 Å². The van der Waals surface area contributed by atoms with Gasteiger partial charge in [0.2, 0.25) is 0 Å². The van der Waals surface area contributed by atoms with Gasteiger partial charge in [-0.2, -0.15) is 0 Å². The van der Waals surface area contributed by atoms with E-state index in [1.165, 1.54) is 18.9 Å². The summed E-state index contributed by atoms with van der Waals surface area (Å²) in [5.74, 6) is -0.207. The Balaban J connectivity index is 1.54. The van der Waals surface area contributed by atoms with Crippen LogP contribution in [-0.4, -0.2) is 40.8 Å². The predicted molar refractivity (Wildman–Crippen MR) is 99.6 cm³/mol. The van der Waals surface area contributed by atoms with E-state index in [9.17, 15) is 14.9 Å². The highest BCUT2D eigenvalue weighted by atomic mass is 16.6. The van der Waals surface area contributed by atoms with E-state index in [2.05, 4.69) is 10.2 Å². The molecule has 2 aromatic carbocycles. The van der Waals surface area contributed by atoms with Gasteiger partial charge in [0, 0.05) is 42.4 Å². The molecule has 1 saturated carbocycles. The summed E-state index contributed by atoms with van der Waals surface area (Å²) in [7, 11) is 0. The fourth-order valence-corrected chi connectivity index (χ4v) is 3.60. The van der Waals surface area contributed by atoms with Gasteiger partial charge in [0.15, 0.2) is 5.78 Å². The summed E-state index contributed by atoms with van der Waals surface area (Å²) in [6.45, 7) is 1.97. The van der Waals surface area contributed by atoms with E-state index in [-0.39, 0.29) is 17.5 Å². The van der Waals surface area contributed by atoms with E-state index < -0.39 is 4.92 Å². The lowest BCUT2D eigenvalue weighted by molar-refractivity contribution is -0.384. The Morgan fingerprint density at radius 3 is 2.54 bits per heavy atom. The highest BCUT2D eigenvalue weighted by Gasteiger charge is 2.34. The van der Waals surface area contributed by atoms with Crippen molar-refractivity contribution in [3.05, 3.63) is 69.8 Å². The Kier molecular flexibility index (Phi) is 4.42. The summed E-state index contributed by atoms with van der Waals surface area (Å²) >= 11 is 0. The number of ketones is 1. The average Bonchev–Trinajstić information content (AvgIpc) is 3.41. The molecule has 6 nitrogen and oxygen atoms in total. The van der Waals surface area contributed by atoms with Crippen LogP contribution in [0.25, 0.3) is 0 Å². The molecule has 0 bridgehead atoms. The van der Waals surface area contributed by atoms with Gasteiger partial charge in [-0.1, -0.05) is 30.3 Å². The van der Waals surface area contributed by atoms with Crippen molar-refractivity contribution in [1.82, 2.24) is 4.90 Å². The Morgan fingerprint density at radius 1 is 1.08 bits per heavy atom. The molecule has 0 aromatic heterocycles. The van der Waals surface area contributed by atoms with Crippen molar-refractivity contribution in [3.63, 3.8) is 0 Å². The quantitative estimate of drug-likeness (QED) is 0.490. The van der Waals surface area contributed by atoms with E-state index in [4.69, 9.17) is 0 Å². The second-order valence-corrected chi connectivity index (χ2v) is 7.04. The molecule has 2 aromatic rings. The molecular formula is C20H21N3O3. The number of nitrogens with zero attached hydrogens (tertiary/aromatic N) is 2. The van der Waals surface area contributed by atoms with Crippen LogP contribution in [0.3, 0.4) is 0 Å². The molecule has 0 amide bonds. The lowest BCUT2D eigenvalue weighted by atomic mass is 10.0. The number of likely N-dealkylation sites (tertiary alicyclic amines) is 1. The standard InChI is InChI=1S/C20H21N3O3/c24-20(14-4-2-1-3-5-14)15-6-9-18(19(12-15)23(25)26)21-16-10-11-22(13-16)17-7-8-17/h1-6,9,12,16-17,21H,7-8,10-11,13H2. The van der Waals surface area contributed by atoms with Crippen LogP contribution in [0.2, 0.25) is 0 Å². The van der Waals surface area contributed by atoms with Crippen LogP contribution in [0.4, 0.5) is 11.4 Å². The van der Waals surface area contributed by atoms with Gasteiger partial charge in [-0.25, -0.2) is 0 Å². The van der Waals surface area contributed by atoms with Gasteiger partial charge >= 0.3 is 0 Å². The van der Waals surface area contributed by atoms with Gasteiger partial charge in [0.25, 0.3) is 5.69 Å². The highest BCUT2D eigenvalue weighted by molar-refractivity contribution is 6.09. The lowest BCUT2D eigenvalue weighted by Gasteiger charge is -2.17. The van der Waals surface area contributed by atoms with E-state index in [1.54, 1.807) is 36.4 Å². The first-order chi connectivity index (χ1) is 12.6. The normalized spacial score (nSPS) is 20.1. The number of nitro benzene ring substituents is 1. The average molecular weight is 351 g/mol. The van der Waals surface area contributed by atoms with Crippen molar-refractivity contribution in [2.24, 2.45) is 0 Å². The maximum atomic E-state index is 12.6. The molecule has 1 saturated heterocycles. The molecule has 1 unspecified atom stereocenters. The topological polar surface area (TPSA) is 75.5 Å². The van der Waals surface area contributed by atoms with Gasteiger partial charge < -0.3 is 5.32 Å². The molecule has 1 aliphatic heterocycles. The van der Waals surface area contributed by atoms with Crippen molar-refractivity contribution in [2.75, 3.05) is 18.4 Å². The Hall–Kier alpha value is -2.73. The molecule has 1 atom stereocenters. The third-order valence-electron chi connectivity index (χ3n) is 5.14. The maximum Gasteiger partial charge on any atom is 0.293 e. The lowest BCUT2D eigenvalue weighted by Crippen LogP contribution is -2.27. The third-order valence-corrected chi connectivity index (χ3v) is 5.14. The molecule has 4 rings (SSSR count). The molecule has 1 aliphatic carbocycles. The Bertz CT molecular complexity index is 833. The van der Waals surface area contributed by atoms with Crippen molar-refractivity contribution in [1.29, 1.82) is 0 Å². The predicted octanol–water partition coefficient (Wildman–Crippen LogP) is 3.47. The van der Waals surface area contributed by atoms with Crippen molar-refractivity contribution in [3.8, 4) is 0 Å². The summed E-state index contributed by atoms with van der Waals surface area (Å²) in [6, 6.07) is 14.5. The number of benzene rings is 2. The Morgan fingerprint density at radius 2 is 1.85 bits per heavy atom. The van der Waals surface area contributed by atoms with Crippen molar-refractivity contribution < 1.29 is 9.72 Å². The van der Waals surface area contributed by atoms with Gasteiger partial charge in [0.05, 0.1) is 4.92 Å². The minimum Gasteiger partial charge on any atom is -0.375 e. The summed E-state index contributed by atoms with van der Waals surface area (Å²) < 4.78 is 0. The second kappa shape index (κ2) is 6.88. The van der Waals surface area contributed by atoms with Gasteiger partial charge in [-0.3, -0.25) is 19.8 Å². The summed E-state index contributed by atoms with van der Waals surface area (Å²) in [4.78, 5) is 26.1. The number of nitrogens with one attached hydrogen (secondary N) is 1. The van der Waals surface area contributed by atoms with Crippen LogP contribution in [0, 0.1) is 10.1 Å². The molecule has 134 valence electrons. The third kappa shape index (κ3) is 3.46. The van der Waals surface area contributed by atoms with Crippen LogP contribution >= 0.6 is 0 Å². The number of carbonyl (C=O) groups is 1. The summed E-state index contributed by atoms with van der Waals surface area (Å²) in [6.07, 6.45) is 3.52. The fourth-order valence-electron chi connectivity index (χ4n) is 3.60. The van der Waals surface area contributed by atoms with E-state index >= 15 is 0 Å². The van der Waals surface area contributed by atoms with Gasteiger partial charge in [-0.15, -0.1) is 0 Å². The number of hydrogen-bond acceptors (Lipinski definition) is 5. The largest absolute Gasteiger partial charge is 0.375 e. The number of anilines is 1. The van der Waals surface area contributed by atoms with Crippen LogP contribution in [0.5, 0.6) is 0 Å². The monoisotopic (exact) mass is 351 g/mol. The number of carbonyl (C=O) groups excluding carboxylic acids is 1. The van der Waals surface area contributed by atoms with Crippen molar-refractivity contribution >= 4 is 17.2 Å². The second-order valence-electron chi connectivity index (χ2n) is 7.04. The van der Waals surface area contributed by atoms with Crippen molar-refractivity contribution in [2.45, 2.75) is 31.3 Å². The molecule has 26 heavy (non-hydrogen) atoms. The summed E-state index contributed by atoms with van der Waals surface area (Å²) in [5, 5.41) is 14.8. The molecule has 0 spiro atoms. The van der Waals surface area contributed by atoms with E-state index in [0.717, 1.165) is 19.5 Å². The van der Waals surface area contributed by atoms with Crippen LogP contribution in [0.15, 0.2) is 48.5 Å². The Labute approximate surface area is 152 Å². The first-order valence-electron chi connectivity index (χ1n) is 9.00. The molecule has 0 radical (unpaired) electrons. The minimum absolute atomic E-state index is 0.0448. The van der Waals surface area contributed by atoms with E-state index in [1.807, 2.05) is 6.07 Å². The van der Waals surface area contributed by atoms with Crippen LogP contribution < -0.4 is 5.32 Å². The molecule has 2 fully saturated rings. The molecule has 1 N–H and O–H groups in total. The van der Waals surface area contributed by atoms with Gasteiger partial charge in [0.1, 0.15) is 5.69 Å². The minimum atomic E-state index is -0.419. The molecule has 2 aliphatic rings. The molecular weight excluding hydrogens is 330 g/mol.